The molecule has 5 unspecified atom stereocenters. The fraction of sp³-hybridized carbons (Fsp3) is 0.667. The number of hydrogen-bond acceptors (Lipinski definition) is 8. The number of primary amides is 1. The number of aliphatic carboxylic acids is 2. The minimum atomic E-state index is -1.55. The molecule has 4 amide bonds. The highest BCUT2D eigenvalue weighted by molar-refractivity contribution is 5.95. The van der Waals surface area contributed by atoms with E-state index in [2.05, 4.69) is 10.6 Å². The van der Waals surface area contributed by atoms with E-state index < -0.39 is 72.3 Å². The van der Waals surface area contributed by atoms with Gasteiger partial charge in [-0.05, 0) is 26.2 Å². The fourth-order valence-electron chi connectivity index (χ4n) is 3.25. The van der Waals surface area contributed by atoms with Gasteiger partial charge in [-0.2, -0.15) is 0 Å². The molecule has 14 heteroatoms. The molecule has 1 aliphatic rings. The van der Waals surface area contributed by atoms with Crippen LogP contribution in [0, 0.1) is 0 Å². The van der Waals surface area contributed by atoms with Gasteiger partial charge in [0.25, 0.3) is 0 Å². The summed E-state index contributed by atoms with van der Waals surface area (Å²) < 4.78 is 0. The monoisotopic (exact) mass is 459 g/mol. The molecule has 1 saturated heterocycles. The summed E-state index contributed by atoms with van der Waals surface area (Å²) in [4.78, 5) is 71.8. The highest BCUT2D eigenvalue weighted by Gasteiger charge is 2.39. The molecule has 0 radical (unpaired) electrons. The van der Waals surface area contributed by atoms with Crippen molar-refractivity contribution in [1.29, 1.82) is 0 Å². The predicted octanol–water partition coefficient (Wildman–Crippen LogP) is -3.52. The molecule has 0 bridgehead atoms. The van der Waals surface area contributed by atoms with E-state index in [0.717, 1.165) is 4.90 Å². The summed E-state index contributed by atoms with van der Waals surface area (Å²) in [5, 5.41) is 32.4. The Hall–Kier alpha value is -3.26. The molecule has 1 fully saturated rings. The van der Waals surface area contributed by atoms with Crippen molar-refractivity contribution in [1.82, 2.24) is 15.5 Å². The Morgan fingerprint density at radius 2 is 1.75 bits per heavy atom. The van der Waals surface area contributed by atoms with E-state index in [1.807, 2.05) is 0 Å². The van der Waals surface area contributed by atoms with Crippen LogP contribution in [0.1, 0.15) is 39.0 Å². The second kappa shape index (κ2) is 12.0. The molecule has 0 spiro atoms. The Morgan fingerprint density at radius 1 is 1.12 bits per heavy atom. The molecule has 1 rings (SSSR count). The minimum Gasteiger partial charge on any atom is -0.481 e. The maximum atomic E-state index is 12.7. The van der Waals surface area contributed by atoms with Crippen LogP contribution < -0.4 is 22.1 Å². The Kier molecular flexibility index (Phi) is 10.00. The largest absolute Gasteiger partial charge is 0.481 e. The molecule has 9 N–H and O–H groups in total. The molecule has 0 saturated carbocycles. The van der Waals surface area contributed by atoms with Gasteiger partial charge in [-0.1, -0.05) is 0 Å². The molecule has 180 valence electrons. The van der Waals surface area contributed by atoms with Crippen molar-refractivity contribution in [3.05, 3.63) is 0 Å². The molecule has 14 nitrogen and oxygen atoms in total. The number of rotatable bonds is 12. The lowest BCUT2D eigenvalue weighted by Crippen LogP contribution is -2.59. The number of hydrogen-bond donors (Lipinski definition) is 7. The Morgan fingerprint density at radius 3 is 2.25 bits per heavy atom. The number of carboxylic acid groups (broad SMARTS) is 2. The van der Waals surface area contributed by atoms with Crippen LogP contribution in [0.3, 0.4) is 0 Å². The summed E-state index contributed by atoms with van der Waals surface area (Å²) in [6.45, 7) is 1.36. The average molecular weight is 459 g/mol. The number of nitrogens with one attached hydrogen (secondary N) is 2. The third-order valence-electron chi connectivity index (χ3n) is 4.91. The number of aliphatic hydroxyl groups is 1. The van der Waals surface area contributed by atoms with Crippen molar-refractivity contribution in [3.63, 3.8) is 0 Å². The predicted molar refractivity (Wildman–Crippen MR) is 107 cm³/mol. The average Bonchev–Trinajstić information content (AvgIpc) is 3.16. The lowest BCUT2D eigenvalue weighted by atomic mass is 10.1. The number of amides is 4. The van der Waals surface area contributed by atoms with Gasteiger partial charge in [0.05, 0.1) is 18.6 Å². The smallest absolute Gasteiger partial charge is 0.326 e. The van der Waals surface area contributed by atoms with E-state index in [9.17, 15) is 39.0 Å². The SMILES string of the molecule is CC(O)C(NC(=O)C1CCCN1C(=O)C(N)CC(=O)O)C(=O)NC(CCC(N)=O)C(=O)O. The van der Waals surface area contributed by atoms with E-state index in [-0.39, 0.29) is 25.8 Å². The summed E-state index contributed by atoms with van der Waals surface area (Å²) in [5.74, 6) is -6.01. The number of nitrogens with two attached hydrogens (primary N) is 2. The van der Waals surface area contributed by atoms with Crippen molar-refractivity contribution >= 4 is 35.6 Å². The van der Waals surface area contributed by atoms with Crippen LogP contribution >= 0.6 is 0 Å². The maximum absolute atomic E-state index is 12.7. The lowest BCUT2D eigenvalue weighted by Gasteiger charge is -2.29. The summed E-state index contributed by atoms with van der Waals surface area (Å²) in [5.41, 5.74) is 10.6. The van der Waals surface area contributed by atoms with Crippen LogP contribution in [-0.4, -0.2) is 92.6 Å². The van der Waals surface area contributed by atoms with Gasteiger partial charge in [0.2, 0.25) is 23.6 Å². The van der Waals surface area contributed by atoms with Crippen LogP contribution in [0.2, 0.25) is 0 Å². The van der Waals surface area contributed by atoms with Crippen molar-refractivity contribution < 1.29 is 44.1 Å². The molecule has 5 atom stereocenters. The second-order valence-electron chi connectivity index (χ2n) is 7.53. The van der Waals surface area contributed by atoms with Gasteiger partial charge in [-0.25, -0.2) is 4.79 Å². The van der Waals surface area contributed by atoms with E-state index >= 15 is 0 Å². The number of likely N-dealkylation sites (tertiary alicyclic amines) is 1. The van der Waals surface area contributed by atoms with E-state index in [1.165, 1.54) is 6.92 Å². The van der Waals surface area contributed by atoms with Gasteiger partial charge in [0.15, 0.2) is 0 Å². The number of nitrogens with zero attached hydrogens (tertiary/aromatic N) is 1. The van der Waals surface area contributed by atoms with Crippen LogP contribution in [0.5, 0.6) is 0 Å². The maximum Gasteiger partial charge on any atom is 0.326 e. The van der Waals surface area contributed by atoms with Gasteiger partial charge in [0.1, 0.15) is 18.1 Å². The van der Waals surface area contributed by atoms with E-state index in [0.29, 0.717) is 6.42 Å². The van der Waals surface area contributed by atoms with Crippen molar-refractivity contribution in [2.24, 2.45) is 11.5 Å². The fourth-order valence-corrected chi connectivity index (χ4v) is 3.25. The van der Waals surface area contributed by atoms with E-state index in [1.54, 1.807) is 0 Å². The quantitative estimate of drug-likeness (QED) is 0.152. The second-order valence-corrected chi connectivity index (χ2v) is 7.53. The van der Waals surface area contributed by atoms with Crippen LogP contribution in [-0.2, 0) is 28.8 Å². The molecule has 0 aromatic carbocycles. The number of aliphatic hydroxyl groups excluding tert-OH is 1. The molecule has 32 heavy (non-hydrogen) atoms. The molecular formula is C18H29N5O9. The van der Waals surface area contributed by atoms with Crippen LogP contribution in [0.15, 0.2) is 0 Å². The summed E-state index contributed by atoms with van der Waals surface area (Å²) in [6, 6.07) is -5.42. The first kappa shape index (κ1) is 26.8. The van der Waals surface area contributed by atoms with Crippen LogP contribution in [0.4, 0.5) is 0 Å². The molecular weight excluding hydrogens is 430 g/mol. The van der Waals surface area contributed by atoms with Crippen molar-refractivity contribution in [2.45, 2.75) is 69.3 Å². The highest BCUT2D eigenvalue weighted by atomic mass is 16.4. The van der Waals surface area contributed by atoms with Gasteiger partial charge in [-0.15, -0.1) is 0 Å². The van der Waals surface area contributed by atoms with Crippen molar-refractivity contribution in [2.75, 3.05) is 6.54 Å². The van der Waals surface area contributed by atoms with E-state index in [4.69, 9.17) is 16.6 Å². The Labute approximate surface area is 183 Å². The molecule has 1 aliphatic heterocycles. The van der Waals surface area contributed by atoms with Gasteiger partial charge >= 0.3 is 11.9 Å². The Balaban J connectivity index is 2.87. The Bertz CT molecular complexity index is 757. The molecule has 0 aliphatic carbocycles. The van der Waals surface area contributed by atoms with Gasteiger partial charge in [-0.3, -0.25) is 24.0 Å². The molecule has 1 heterocycles. The molecule has 0 aromatic heterocycles. The number of carbonyl (C=O) groups excluding carboxylic acids is 4. The molecule has 0 aromatic rings. The van der Waals surface area contributed by atoms with Crippen molar-refractivity contribution in [3.8, 4) is 0 Å². The third kappa shape index (κ3) is 7.77. The van der Waals surface area contributed by atoms with Gasteiger partial charge < -0.3 is 42.3 Å². The zero-order valence-corrected chi connectivity index (χ0v) is 17.5. The first-order valence-electron chi connectivity index (χ1n) is 9.92. The summed E-state index contributed by atoms with van der Waals surface area (Å²) >= 11 is 0. The highest BCUT2D eigenvalue weighted by Crippen LogP contribution is 2.19. The summed E-state index contributed by atoms with van der Waals surface area (Å²) in [6.07, 6.45) is -1.98. The number of carboxylic acids is 2. The third-order valence-corrected chi connectivity index (χ3v) is 4.91. The lowest BCUT2D eigenvalue weighted by molar-refractivity contribution is -0.145. The minimum absolute atomic E-state index is 0.157. The summed E-state index contributed by atoms with van der Waals surface area (Å²) in [7, 11) is 0. The standard InChI is InChI=1S/C18H29N5O9/c1-8(24)14(16(29)21-10(18(31)32)4-5-12(20)25)22-15(28)11-3-2-6-23(11)17(30)9(19)7-13(26)27/h8-11,14,24H,2-7,19H2,1H3,(H2,20,25)(H,21,29)(H,22,28)(H,26,27)(H,31,32). The zero-order chi connectivity index (χ0) is 24.6. The van der Waals surface area contributed by atoms with Gasteiger partial charge in [0, 0.05) is 13.0 Å². The topological polar surface area (TPSA) is 242 Å². The number of carbonyl (C=O) groups is 6. The van der Waals surface area contributed by atoms with Crippen LogP contribution in [0.25, 0.3) is 0 Å². The first-order valence-corrected chi connectivity index (χ1v) is 9.92. The normalized spacial score (nSPS) is 19.3. The zero-order valence-electron chi connectivity index (χ0n) is 17.5. The first-order chi connectivity index (χ1) is 14.8.